The van der Waals surface area contributed by atoms with E-state index in [-0.39, 0.29) is 34.7 Å². The van der Waals surface area contributed by atoms with Gasteiger partial charge in [-0.05, 0) is 25.0 Å². The Balaban J connectivity index is 1.47. The Morgan fingerprint density at radius 2 is 2.02 bits per heavy atom. The number of carbonyl (C=O) groups is 1. The molecule has 2 saturated carbocycles. The van der Waals surface area contributed by atoms with Crippen molar-refractivity contribution < 1.29 is 37.0 Å². The number of nitrogens with one attached hydrogen (secondary N) is 1. The highest BCUT2D eigenvalue weighted by atomic mass is 19.4. The normalized spacial score (nSPS) is 38.3. The molecule has 2 heterocycles. The number of amides is 1. The number of likely N-dealkylation sites (tertiary alicyclic amines) is 1. The van der Waals surface area contributed by atoms with Crippen molar-refractivity contribution in [3.8, 4) is 0 Å². The van der Waals surface area contributed by atoms with Gasteiger partial charge in [0.2, 0.25) is 5.72 Å². The van der Waals surface area contributed by atoms with Crippen LogP contribution in [-0.2, 0) is 14.3 Å². The summed E-state index contributed by atoms with van der Waals surface area (Å²) in [6.45, 7) is 5.75. The monoisotopic (exact) mass is 557 g/mol. The van der Waals surface area contributed by atoms with Gasteiger partial charge < -0.3 is 24.4 Å². The van der Waals surface area contributed by atoms with E-state index in [1.807, 2.05) is 12.2 Å². The minimum Gasteiger partial charge on any atom is -0.506 e. The summed E-state index contributed by atoms with van der Waals surface area (Å²) >= 11 is 0. The molecular formula is C31H36F3N2O4+. The summed E-state index contributed by atoms with van der Waals surface area (Å²) in [5, 5.41) is 13.4. The molecule has 3 aliphatic carbocycles. The number of benzene rings is 1. The summed E-state index contributed by atoms with van der Waals surface area (Å²) in [6.07, 6.45) is 4.70. The third-order valence-electron chi connectivity index (χ3n) is 10.4. The highest BCUT2D eigenvalue weighted by Crippen LogP contribution is 2.70. The fourth-order valence-corrected chi connectivity index (χ4v) is 8.88. The minimum atomic E-state index is -5.11. The summed E-state index contributed by atoms with van der Waals surface area (Å²) in [5.74, 6) is -2.35. The number of quaternary nitrogens is 1. The van der Waals surface area contributed by atoms with Crippen LogP contribution in [0.2, 0.25) is 0 Å². The maximum Gasteiger partial charge on any atom is 0.425 e. The van der Waals surface area contributed by atoms with E-state index >= 15 is 0 Å². The molecule has 40 heavy (non-hydrogen) atoms. The number of nitrogens with zero attached hydrogens (tertiary/aromatic N) is 1. The van der Waals surface area contributed by atoms with Crippen LogP contribution in [-0.4, -0.2) is 66.8 Å². The van der Waals surface area contributed by atoms with E-state index < -0.39 is 29.1 Å². The van der Waals surface area contributed by atoms with E-state index in [9.17, 15) is 23.1 Å². The van der Waals surface area contributed by atoms with Gasteiger partial charge in [0.1, 0.15) is 11.5 Å². The zero-order valence-electron chi connectivity index (χ0n) is 22.8. The fourth-order valence-electron chi connectivity index (χ4n) is 8.88. The molecule has 4 fully saturated rings. The van der Waals surface area contributed by atoms with Crippen LogP contribution >= 0.6 is 0 Å². The fraction of sp³-hybridized carbons (Fsp3) is 0.516. The van der Waals surface area contributed by atoms with Crippen molar-refractivity contribution in [3.05, 3.63) is 77.6 Å². The maximum atomic E-state index is 14.4. The Kier molecular flexibility index (Phi) is 6.27. The molecule has 1 aromatic carbocycles. The van der Waals surface area contributed by atoms with Crippen molar-refractivity contribution in [3.63, 3.8) is 0 Å². The topological polar surface area (TPSA) is 67.8 Å². The number of aliphatic hydroxyl groups excluding tert-OH is 1. The second-order valence-electron chi connectivity index (χ2n) is 12.1. The minimum absolute atomic E-state index is 0.0964. The predicted molar refractivity (Wildman–Crippen MR) is 143 cm³/mol. The van der Waals surface area contributed by atoms with Crippen LogP contribution < -0.4 is 5.32 Å². The average molecular weight is 558 g/mol. The van der Waals surface area contributed by atoms with Gasteiger partial charge in [0.25, 0.3) is 5.91 Å². The predicted octanol–water partition coefficient (Wildman–Crippen LogP) is 5.41. The molecule has 2 aliphatic heterocycles. The molecule has 1 amide bonds. The summed E-state index contributed by atoms with van der Waals surface area (Å²) in [7, 11) is 3.73. The number of aliphatic hydroxyl groups is 1. The molecule has 2 bridgehead atoms. The summed E-state index contributed by atoms with van der Waals surface area (Å²) in [6, 6.07) is 7.63. The van der Waals surface area contributed by atoms with E-state index in [2.05, 4.69) is 18.9 Å². The number of rotatable bonds is 6. The number of carbonyl (C=O) groups excluding carboxylic acids is 1. The SMILES string of the molecule is C=CC[N+]1(C)CC[C@]23C4C5=CC=C(OC)C4(NC(=O)C(=C(O)c4ccccc4)C(F)(F)F)O[C@H]2CCC[C@H]3[C@H]1C5. The van der Waals surface area contributed by atoms with Crippen molar-refractivity contribution in [1.82, 2.24) is 5.32 Å². The molecule has 9 heteroatoms. The van der Waals surface area contributed by atoms with Crippen LogP contribution in [0.15, 0.2) is 72.0 Å². The number of hydrogen-bond donors (Lipinski definition) is 2. The number of piperidine rings is 1. The lowest BCUT2D eigenvalue weighted by Crippen LogP contribution is -2.71. The van der Waals surface area contributed by atoms with Gasteiger partial charge in [-0.25, -0.2) is 0 Å². The number of allylic oxidation sites excluding steroid dienone is 2. The lowest BCUT2D eigenvalue weighted by atomic mass is 9.46. The van der Waals surface area contributed by atoms with Crippen molar-refractivity contribution in [2.24, 2.45) is 17.3 Å². The van der Waals surface area contributed by atoms with Gasteiger partial charge in [0, 0.05) is 35.7 Å². The van der Waals surface area contributed by atoms with Crippen LogP contribution in [0.3, 0.4) is 0 Å². The smallest absolute Gasteiger partial charge is 0.425 e. The number of likely N-dealkylation sites (N-methyl/N-ethyl adjacent to an activating group) is 1. The number of ether oxygens (including phenoxy) is 2. The molecule has 1 aromatic rings. The number of methoxy groups -OCH3 is 1. The van der Waals surface area contributed by atoms with Gasteiger partial charge in [0.05, 0.1) is 39.4 Å². The molecule has 0 aromatic heterocycles. The van der Waals surface area contributed by atoms with Crippen LogP contribution in [0, 0.1) is 17.3 Å². The van der Waals surface area contributed by atoms with E-state index in [0.717, 1.165) is 55.2 Å². The highest BCUT2D eigenvalue weighted by molar-refractivity contribution is 6.01. The summed E-state index contributed by atoms with van der Waals surface area (Å²) in [4.78, 5) is 13.7. The number of halogens is 3. The van der Waals surface area contributed by atoms with Crippen LogP contribution in [0.1, 0.15) is 37.7 Å². The Hall–Kier alpha value is -3.04. The summed E-state index contributed by atoms with van der Waals surface area (Å²) < 4.78 is 56.6. The molecule has 0 radical (unpaired) electrons. The Labute approximate surface area is 232 Å². The first-order valence-electron chi connectivity index (χ1n) is 14.0. The third-order valence-corrected chi connectivity index (χ3v) is 10.4. The van der Waals surface area contributed by atoms with E-state index in [4.69, 9.17) is 9.47 Å². The van der Waals surface area contributed by atoms with Crippen molar-refractivity contribution in [2.45, 2.75) is 56.2 Å². The van der Waals surface area contributed by atoms with Gasteiger partial charge in [-0.2, -0.15) is 13.2 Å². The highest BCUT2D eigenvalue weighted by Gasteiger charge is 2.76. The maximum absolute atomic E-state index is 14.4. The molecule has 5 aliphatic rings. The molecule has 1 spiro atoms. The van der Waals surface area contributed by atoms with Gasteiger partial charge in [-0.15, -0.1) is 0 Å². The molecule has 6 nitrogen and oxygen atoms in total. The lowest BCUT2D eigenvalue weighted by Gasteiger charge is -2.63. The largest absolute Gasteiger partial charge is 0.506 e. The summed E-state index contributed by atoms with van der Waals surface area (Å²) in [5.41, 5.74) is -2.60. The number of alkyl halides is 3. The van der Waals surface area contributed by atoms with Gasteiger partial charge in [-0.1, -0.05) is 55.0 Å². The Morgan fingerprint density at radius 3 is 2.70 bits per heavy atom. The van der Waals surface area contributed by atoms with Crippen molar-refractivity contribution in [1.29, 1.82) is 0 Å². The molecule has 2 N–H and O–H groups in total. The van der Waals surface area contributed by atoms with Crippen LogP contribution in [0.4, 0.5) is 13.2 Å². The quantitative estimate of drug-likeness (QED) is 0.213. The zero-order valence-corrected chi connectivity index (χ0v) is 22.8. The van der Waals surface area contributed by atoms with Crippen molar-refractivity contribution >= 4 is 11.7 Å². The standard InChI is InChI=1S/C31H35F3N2O4/c1-4-16-36(2)17-15-29-21-11-8-12-23(29)40-30(24(39-3)14-13-20(27(29)30)18-22(21)36)35-28(38)25(31(32,33)34)26(37)19-9-6-5-7-10-19/h4-7,9-10,13-14,21-23,27H,1,8,11-12,15-18H2,2-3H3,(H-,35,37,38)/p+1/t21-,22+,23-,27?,29+,30?,36?/m0/s1. The van der Waals surface area contributed by atoms with Crippen LogP contribution in [0.25, 0.3) is 5.76 Å². The molecule has 2 saturated heterocycles. The number of hydrogen-bond acceptors (Lipinski definition) is 4. The molecule has 214 valence electrons. The van der Waals surface area contributed by atoms with Crippen molar-refractivity contribution in [2.75, 3.05) is 27.2 Å². The van der Waals surface area contributed by atoms with Gasteiger partial charge >= 0.3 is 6.18 Å². The lowest BCUT2D eigenvalue weighted by molar-refractivity contribution is -0.942. The van der Waals surface area contributed by atoms with Gasteiger partial charge in [0.15, 0.2) is 5.57 Å². The third kappa shape index (κ3) is 3.66. The average Bonchev–Trinajstić information content (AvgIpc) is 3.20. The van der Waals surface area contributed by atoms with E-state index in [1.165, 1.54) is 31.4 Å². The molecular weight excluding hydrogens is 521 g/mol. The molecule has 6 rings (SSSR count). The Morgan fingerprint density at radius 1 is 1.27 bits per heavy atom. The first-order chi connectivity index (χ1) is 19.0. The first kappa shape index (κ1) is 27.1. The molecule has 3 unspecified atom stereocenters. The van der Waals surface area contributed by atoms with E-state index in [1.54, 1.807) is 12.1 Å². The zero-order chi connectivity index (χ0) is 28.5. The molecule has 7 atom stereocenters. The van der Waals surface area contributed by atoms with E-state index in [0.29, 0.717) is 6.04 Å². The van der Waals surface area contributed by atoms with Crippen LogP contribution in [0.5, 0.6) is 0 Å². The Bertz CT molecular complexity index is 1320. The van der Waals surface area contributed by atoms with Gasteiger partial charge in [-0.3, -0.25) is 4.79 Å². The second-order valence-corrected chi connectivity index (χ2v) is 12.1. The second kappa shape index (κ2) is 9.24. The first-order valence-corrected chi connectivity index (χ1v) is 14.0.